The maximum absolute atomic E-state index is 11.4. The lowest BCUT2D eigenvalue weighted by Crippen LogP contribution is -2.34. The Morgan fingerprint density at radius 1 is 1.22 bits per heavy atom. The van der Waals surface area contributed by atoms with Gasteiger partial charge in [-0.15, -0.1) is 0 Å². The van der Waals surface area contributed by atoms with E-state index in [1.54, 1.807) is 37.3 Å². The van der Waals surface area contributed by atoms with Crippen molar-refractivity contribution in [3.63, 3.8) is 0 Å². The minimum absolute atomic E-state index is 0.137. The molecule has 0 aliphatic heterocycles. The lowest BCUT2D eigenvalue weighted by molar-refractivity contribution is -0.169. The molecule has 0 aromatic heterocycles. The fourth-order valence-corrected chi connectivity index (χ4v) is 1.08. The van der Waals surface area contributed by atoms with Crippen molar-refractivity contribution in [3.8, 4) is 5.75 Å². The summed E-state index contributed by atoms with van der Waals surface area (Å²) >= 11 is 0. The summed E-state index contributed by atoms with van der Waals surface area (Å²) in [5, 5.41) is 0. The van der Waals surface area contributed by atoms with Gasteiger partial charge in [0.15, 0.2) is 0 Å². The van der Waals surface area contributed by atoms with Crippen molar-refractivity contribution in [2.45, 2.75) is 13.2 Å². The smallest absolute Gasteiger partial charge is 0.463 e. The van der Waals surface area contributed by atoms with E-state index >= 15 is 0 Å². The van der Waals surface area contributed by atoms with Crippen LogP contribution in [0.15, 0.2) is 30.3 Å². The molecular formula is C12H14O6. The van der Waals surface area contributed by atoms with Gasteiger partial charge in [-0.3, -0.25) is 0 Å². The zero-order valence-corrected chi connectivity index (χ0v) is 10.1. The molecule has 0 aliphatic carbocycles. The Balaban J connectivity index is 2.67. The predicted octanol–water partition coefficient (Wildman–Crippen LogP) is 1.74. The second-order valence-electron chi connectivity index (χ2n) is 3.09. The van der Waals surface area contributed by atoms with Gasteiger partial charge in [-0.25, -0.2) is 9.59 Å². The van der Waals surface area contributed by atoms with E-state index in [-0.39, 0.29) is 6.61 Å². The molecular weight excluding hydrogens is 240 g/mol. The van der Waals surface area contributed by atoms with Crippen LogP contribution in [-0.2, 0) is 19.0 Å². The van der Waals surface area contributed by atoms with Gasteiger partial charge < -0.3 is 18.9 Å². The zero-order chi connectivity index (χ0) is 13.4. The Hall–Kier alpha value is -2.24. The van der Waals surface area contributed by atoms with Gasteiger partial charge in [0.2, 0.25) is 0 Å². The van der Waals surface area contributed by atoms with Crippen LogP contribution < -0.4 is 4.74 Å². The Kier molecular flexibility index (Phi) is 5.50. The highest BCUT2D eigenvalue weighted by Crippen LogP contribution is 2.12. The first-order chi connectivity index (χ1) is 8.67. The fraction of sp³-hybridized carbons (Fsp3) is 0.333. The zero-order valence-electron chi connectivity index (χ0n) is 10.1. The van der Waals surface area contributed by atoms with E-state index in [2.05, 4.69) is 14.2 Å². The maximum atomic E-state index is 11.4. The van der Waals surface area contributed by atoms with E-state index in [1.807, 2.05) is 0 Å². The molecule has 0 fully saturated rings. The molecule has 0 heterocycles. The highest BCUT2D eigenvalue weighted by molar-refractivity contribution is 5.76. The molecule has 1 aromatic rings. The van der Waals surface area contributed by atoms with Crippen LogP contribution in [0.4, 0.5) is 4.79 Å². The Bertz CT molecular complexity index is 389. The molecule has 0 bridgehead atoms. The van der Waals surface area contributed by atoms with Crippen molar-refractivity contribution in [3.05, 3.63) is 30.3 Å². The van der Waals surface area contributed by atoms with Crippen molar-refractivity contribution < 1.29 is 28.5 Å². The van der Waals surface area contributed by atoms with Gasteiger partial charge in [-0.05, 0) is 19.1 Å². The monoisotopic (exact) mass is 254 g/mol. The standard InChI is InChI=1S/C12H14O6/c1-3-16-12(14)18-11(10(13)15-2)17-9-7-5-4-6-8-9/h4-8,11H,3H2,1-2H3. The number of hydrogen-bond acceptors (Lipinski definition) is 6. The summed E-state index contributed by atoms with van der Waals surface area (Å²) in [6.07, 6.45) is -2.49. The van der Waals surface area contributed by atoms with Gasteiger partial charge in [-0.2, -0.15) is 0 Å². The molecule has 0 saturated carbocycles. The van der Waals surface area contributed by atoms with Crippen molar-refractivity contribution in [1.82, 2.24) is 0 Å². The first-order valence-corrected chi connectivity index (χ1v) is 5.30. The van der Waals surface area contributed by atoms with Gasteiger partial charge in [0.1, 0.15) is 5.75 Å². The van der Waals surface area contributed by atoms with Crippen LogP contribution >= 0.6 is 0 Å². The van der Waals surface area contributed by atoms with Crippen molar-refractivity contribution in [2.24, 2.45) is 0 Å². The summed E-state index contributed by atoms with van der Waals surface area (Å²) in [5.74, 6) is -0.455. The van der Waals surface area contributed by atoms with E-state index in [0.29, 0.717) is 5.75 Å². The number of esters is 1. The number of rotatable bonds is 5. The molecule has 0 spiro atoms. The van der Waals surface area contributed by atoms with Crippen molar-refractivity contribution in [2.75, 3.05) is 13.7 Å². The van der Waals surface area contributed by atoms with Crippen LogP contribution in [-0.4, -0.2) is 32.1 Å². The molecule has 98 valence electrons. The van der Waals surface area contributed by atoms with Gasteiger partial charge in [-0.1, -0.05) is 18.2 Å². The molecule has 0 aliphatic rings. The van der Waals surface area contributed by atoms with E-state index in [9.17, 15) is 9.59 Å². The van der Waals surface area contributed by atoms with Gasteiger partial charge in [0.05, 0.1) is 13.7 Å². The summed E-state index contributed by atoms with van der Waals surface area (Å²) in [6.45, 7) is 1.75. The Morgan fingerprint density at radius 2 is 1.89 bits per heavy atom. The molecule has 0 radical (unpaired) electrons. The second-order valence-corrected chi connectivity index (χ2v) is 3.09. The highest BCUT2D eigenvalue weighted by atomic mass is 16.8. The number of hydrogen-bond donors (Lipinski definition) is 0. The summed E-state index contributed by atoms with van der Waals surface area (Å²) in [5.41, 5.74) is 0. The maximum Gasteiger partial charge on any atom is 0.511 e. The van der Waals surface area contributed by atoms with Crippen LogP contribution in [0.25, 0.3) is 0 Å². The number of benzene rings is 1. The Labute approximate surface area is 104 Å². The lowest BCUT2D eigenvalue weighted by atomic mass is 10.3. The quantitative estimate of drug-likeness (QED) is 0.588. The number of carbonyl (C=O) groups excluding carboxylic acids is 2. The van der Waals surface area contributed by atoms with Crippen molar-refractivity contribution >= 4 is 12.1 Å². The molecule has 1 unspecified atom stereocenters. The third-order valence-electron chi connectivity index (χ3n) is 1.85. The van der Waals surface area contributed by atoms with Crippen LogP contribution in [0.2, 0.25) is 0 Å². The fourth-order valence-electron chi connectivity index (χ4n) is 1.08. The van der Waals surface area contributed by atoms with E-state index in [4.69, 9.17) is 4.74 Å². The summed E-state index contributed by atoms with van der Waals surface area (Å²) in [6, 6.07) is 8.45. The molecule has 0 saturated heterocycles. The minimum Gasteiger partial charge on any atom is -0.463 e. The number of methoxy groups -OCH3 is 1. The molecule has 0 N–H and O–H groups in total. The summed E-state index contributed by atoms with van der Waals surface area (Å²) in [4.78, 5) is 22.5. The van der Waals surface area contributed by atoms with Gasteiger partial charge in [0, 0.05) is 0 Å². The SMILES string of the molecule is CCOC(=O)OC(Oc1ccccc1)C(=O)OC. The molecule has 6 nitrogen and oxygen atoms in total. The highest BCUT2D eigenvalue weighted by Gasteiger charge is 2.26. The first kappa shape index (κ1) is 13.8. The third kappa shape index (κ3) is 4.32. The van der Waals surface area contributed by atoms with Crippen LogP contribution in [0.5, 0.6) is 5.75 Å². The van der Waals surface area contributed by atoms with E-state index in [0.717, 1.165) is 7.11 Å². The number of carbonyl (C=O) groups is 2. The number of para-hydroxylation sites is 1. The van der Waals surface area contributed by atoms with Crippen LogP contribution in [0.3, 0.4) is 0 Å². The average Bonchev–Trinajstić information content (AvgIpc) is 2.38. The summed E-state index contributed by atoms with van der Waals surface area (Å²) in [7, 11) is 1.16. The topological polar surface area (TPSA) is 71.1 Å². The lowest BCUT2D eigenvalue weighted by Gasteiger charge is -2.16. The van der Waals surface area contributed by atoms with Crippen molar-refractivity contribution in [1.29, 1.82) is 0 Å². The Morgan fingerprint density at radius 3 is 2.44 bits per heavy atom. The third-order valence-corrected chi connectivity index (χ3v) is 1.85. The molecule has 1 aromatic carbocycles. The average molecular weight is 254 g/mol. The van der Waals surface area contributed by atoms with Crippen LogP contribution in [0.1, 0.15) is 6.92 Å². The molecule has 0 amide bonds. The largest absolute Gasteiger partial charge is 0.511 e. The molecule has 6 heteroatoms. The van der Waals surface area contributed by atoms with Gasteiger partial charge in [0.25, 0.3) is 0 Å². The molecule has 1 atom stereocenters. The first-order valence-electron chi connectivity index (χ1n) is 5.30. The summed E-state index contributed by atoms with van der Waals surface area (Å²) < 4.78 is 18.9. The number of ether oxygens (including phenoxy) is 4. The predicted molar refractivity (Wildman–Crippen MR) is 61.0 cm³/mol. The molecule has 18 heavy (non-hydrogen) atoms. The normalized spacial score (nSPS) is 11.2. The second kappa shape index (κ2) is 7.16. The van der Waals surface area contributed by atoms with Crippen LogP contribution in [0, 0.1) is 0 Å². The van der Waals surface area contributed by atoms with E-state index < -0.39 is 18.4 Å². The molecule has 1 rings (SSSR count). The minimum atomic E-state index is -1.49. The van der Waals surface area contributed by atoms with E-state index in [1.165, 1.54) is 0 Å². The van der Waals surface area contributed by atoms with Gasteiger partial charge >= 0.3 is 18.4 Å².